The van der Waals surface area contributed by atoms with Crippen LogP contribution >= 0.6 is 0 Å². The van der Waals surface area contributed by atoms with E-state index in [4.69, 9.17) is 0 Å². The van der Waals surface area contributed by atoms with Gasteiger partial charge < -0.3 is 0 Å². The Kier molecular flexibility index (Phi) is 4.02. The van der Waals surface area contributed by atoms with Gasteiger partial charge in [0.2, 0.25) is 5.78 Å². The number of carbonyl (C=O) groups is 1. The third-order valence-corrected chi connectivity index (χ3v) is 11.5. The second-order valence-corrected chi connectivity index (χ2v) is 17.2. The van der Waals surface area contributed by atoms with Crippen molar-refractivity contribution in [3.63, 3.8) is 0 Å². The predicted molar refractivity (Wildman–Crippen MR) is 61.5 cm³/mol. The highest BCUT2D eigenvalue weighted by atomic mass is 28.4. The van der Waals surface area contributed by atoms with Crippen LogP contribution in [-0.4, -0.2) is 28.1 Å². The van der Waals surface area contributed by atoms with Crippen LogP contribution in [0.25, 0.3) is 0 Å². The maximum atomic E-state index is 12.5. The molecular weight excluding hydrogens is 237 g/mol. The Balaban J connectivity index is 5.26. The van der Waals surface area contributed by atoms with Gasteiger partial charge in [-0.05, 0) is 0 Å². The number of Topliss-reactive ketones (excluding diaryl/α,β-unsaturated/α-hetero) is 1. The van der Waals surface area contributed by atoms with Gasteiger partial charge in [0.1, 0.15) is 0 Å². The number of alkyl halides is 3. The molecule has 0 rings (SSSR count). The van der Waals surface area contributed by atoms with E-state index in [2.05, 4.69) is 0 Å². The second kappa shape index (κ2) is 4.05. The summed E-state index contributed by atoms with van der Waals surface area (Å²) < 4.78 is 37.4. The molecule has 90 valence electrons. The van der Waals surface area contributed by atoms with E-state index in [0.717, 1.165) is 0 Å². The zero-order valence-electron chi connectivity index (χ0n) is 10.1. The molecule has 0 N–H and O–H groups in total. The van der Waals surface area contributed by atoms with Crippen molar-refractivity contribution in [2.24, 2.45) is 0 Å². The van der Waals surface area contributed by atoms with Crippen LogP contribution in [0.5, 0.6) is 0 Å². The van der Waals surface area contributed by atoms with Gasteiger partial charge in [0.25, 0.3) is 0 Å². The molecule has 0 saturated heterocycles. The van der Waals surface area contributed by atoms with Crippen molar-refractivity contribution in [3.05, 3.63) is 0 Å². The summed E-state index contributed by atoms with van der Waals surface area (Å²) in [5, 5.41) is -0.745. The van der Waals surface area contributed by atoms with Crippen molar-refractivity contribution in [3.8, 4) is 0 Å². The number of hydrogen-bond donors (Lipinski definition) is 0. The standard InChI is InChI=1S/C9H19F3OSi2/c1-14(2,3)8(15(4,5)6)7(13)9(10,11)12/h8H,1-6H3. The number of rotatable bonds is 3. The van der Waals surface area contributed by atoms with E-state index < -0.39 is 33.3 Å². The van der Waals surface area contributed by atoms with Gasteiger partial charge in [-0.25, -0.2) is 0 Å². The summed E-state index contributed by atoms with van der Waals surface area (Å²) in [6.45, 7) is 11.0. The Morgan fingerprint density at radius 1 is 0.933 bits per heavy atom. The molecule has 0 aromatic rings. The monoisotopic (exact) mass is 256 g/mol. The predicted octanol–water partition coefficient (Wildman–Crippen LogP) is 3.70. The molecule has 0 amide bonds. The Morgan fingerprint density at radius 2 is 1.20 bits per heavy atom. The van der Waals surface area contributed by atoms with Crippen LogP contribution in [0, 0.1) is 0 Å². The van der Waals surface area contributed by atoms with Crippen LogP contribution in [0.15, 0.2) is 0 Å². The molecule has 15 heavy (non-hydrogen) atoms. The SMILES string of the molecule is C[Si](C)(C)C(C(=O)C(F)(F)F)[Si](C)(C)C. The lowest BCUT2D eigenvalue weighted by atomic mass is 10.4. The molecule has 0 aromatic carbocycles. The van der Waals surface area contributed by atoms with E-state index in [-0.39, 0.29) is 0 Å². The van der Waals surface area contributed by atoms with Crippen molar-refractivity contribution >= 4 is 21.9 Å². The largest absolute Gasteiger partial charge is 0.449 e. The first-order valence-corrected chi connectivity index (χ1v) is 12.0. The average molecular weight is 256 g/mol. The third-order valence-electron chi connectivity index (χ3n) is 2.27. The lowest BCUT2D eigenvalue weighted by Crippen LogP contribution is -2.51. The number of halogens is 3. The van der Waals surface area contributed by atoms with Crippen LogP contribution in [0.3, 0.4) is 0 Å². The van der Waals surface area contributed by atoms with Gasteiger partial charge in [-0.3, -0.25) is 4.79 Å². The average Bonchev–Trinajstić information content (AvgIpc) is 1.76. The molecule has 0 spiro atoms. The fraction of sp³-hybridized carbons (Fsp3) is 0.889. The minimum atomic E-state index is -4.68. The zero-order valence-corrected chi connectivity index (χ0v) is 12.1. The maximum Gasteiger partial charge on any atom is 0.449 e. The van der Waals surface area contributed by atoms with Crippen molar-refractivity contribution < 1.29 is 18.0 Å². The normalized spacial score (nSPS) is 14.5. The molecule has 0 aliphatic heterocycles. The number of carbonyl (C=O) groups excluding carboxylic acids is 1. The summed E-state index contributed by atoms with van der Waals surface area (Å²) in [6.07, 6.45) is -4.68. The van der Waals surface area contributed by atoms with E-state index in [0.29, 0.717) is 0 Å². The van der Waals surface area contributed by atoms with Gasteiger partial charge in [0, 0.05) is 5.16 Å². The Labute approximate surface area is 91.1 Å². The van der Waals surface area contributed by atoms with Crippen molar-refractivity contribution in [2.45, 2.75) is 50.6 Å². The summed E-state index contributed by atoms with van der Waals surface area (Å²) >= 11 is 0. The molecule has 1 nitrogen and oxygen atoms in total. The molecule has 0 unspecified atom stereocenters. The molecule has 0 heterocycles. The molecule has 0 atom stereocenters. The van der Waals surface area contributed by atoms with Crippen molar-refractivity contribution in [1.29, 1.82) is 0 Å². The lowest BCUT2D eigenvalue weighted by Gasteiger charge is -2.37. The third kappa shape index (κ3) is 4.10. The highest BCUT2D eigenvalue weighted by Gasteiger charge is 2.52. The topological polar surface area (TPSA) is 17.1 Å². The smallest absolute Gasteiger partial charge is 0.290 e. The van der Waals surface area contributed by atoms with E-state index in [1.165, 1.54) is 0 Å². The Morgan fingerprint density at radius 3 is 1.27 bits per heavy atom. The fourth-order valence-corrected chi connectivity index (χ4v) is 14.5. The van der Waals surface area contributed by atoms with Crippen LogP contribution in [0.4, 0.5) is 13.2 Å². The van der Waals surface area contributed by atoms with Gasteiger partial charge in [-0.1, -0.05) is 39.3 Å². The molecule has 0 aromatic heterocycles. The van der Waals surface area contributed by atoms with Gasteiger partial charge in [0.05, 0.1) is 16.1 Å². The highest BCUT2D eigenvalue weighted by molar-refractivity contribution is 7.00. The lowest BCUT2D eigenvalue weighted by molar-refractivity contribution is -0.169. The number of hydrogen-bond acceptors (Lipinski definition) is 1. The summed E-state index contributed by atoms with van der Waals surface area (Å²) in [5.41, 5.74) is 0. The molecule has 0 aliphatic carbocycles. The second-order valence-electron chi connectivity index (χ2n) is 6.03. The van der Waals surface area contributed by atoms with Gasteiger partial charge in [0.15, 0.2) is 0 Å². The van der Waals surface area contributed by atoms with Crippen LogP contribution in [0.1, 0.15) is 0 Å². The molecule has 0 fully saturated rings. The van der Waals surface area contributed by atoms with Crippen LogP contribution in [-0.2, 0) is 4.79 Å². The van der Waals surface area contributed by atoms with E-state index in [1.54, 1.807) is 0 Å². The van der Waals surface area contributed by atoms with Crippen LogP contribution in [0.2, 0.25) is 44.4 Å². The summed E-state index contributed by atoms with van der Waals surface area (Å²) in [6, 6.07) is 0. The highest BCUT2D eigenvalue weighted by Crippen LogP contribution is 2.38. The van der Waals surface area contributed by atoms with Crippen molar-refractivity contribution in [2.75, 3.05) is 0 Å². The number of ketones is 1. The first kappa shape index (κ1) is 14.9. The molecule has 0 bridgehead atoms. The van der Waals surface area contributed by atoms with Gasteiger partial charge >= 0.3 is 6.18 Å². The van der Waals surface area contributed by atoms with Crippen molar-refractivity contribution in [1.82, 2.24) is 0 Å². The minimum Gasteiger partial charge on any atom is -0.290 e. The summed E-state index contributed by atoms with van der Waals surface area (Å²) in [7, 11) is -4.21. The van der Waals surface area contributed by atoms with E-state index in [9.17, 15) is 18.0 Å². The van der Waals surface area contributed by atoms with Gasteiger partial charge in [-0.2, -0.15) is 13.2 Å². The first-order valence-electron chi connectivity index (χ1n) is 4.89. The van der Waals surface area contributed by atoms with Crippen LogP contribution < -0.4 is 0 Å². The summed E-state index contributed by atoms with van der Waals surface area (Å²) in [4.78, 5) is 11.4. The molecule has 0 aliphatic rings. The molecule has 0 saturated carbocycles. The van der Waals surface area contributed by atoms with Gasteiger partial charge in [-0.15, -0.1) is 0 Å². The Bertz CT molecular complexity index is 234. The molecule has 6 heteroatoms. The molecular formula is C9H19F3OSi2. The summed E-state index contributed by atoms with van der Waals surface area (Å²) in [5.74, 6) is -1.50. The maximum absolute atomic E-state index is 12.5. The zero-order chi connectivity index (χ0) is 12.7. The minimum absolute atomic E-state index is 0.745. The molecule has 0 radical (unpaired) electrons. The Hall–Kier alpha value is -0.106. The van der Waals surface area contributed by atoms with E-state index in [1.807, 2.05) is 39.3 Å². The quantitative estimate of drug-likeness (QED) is 0.704. The van der Waals surface area contributed by atoms with E-state index >= 15 is 0 Å². The fourth-order valence-electron chi connectivity index (χ4n) is 2.25. The first-order chi connectivity index (χ1) is 6.28.